The minimum absolute atomic E-state index is 0.166. The van der Waals surface area contributed by atoms with E-state index in [1.165, 1.54) is 0 Å². The number of benzene rings is 2. The molecule has 2 aromatic rings. The maximum absolute atomic E-state index is 13.0. The van der Waals surface area contributed by atoms with Crippen LogP contribution in [-0.2, 0) is 14.8 Å². The van der Waals surface area contributed by atoms with Gasteiger partial charge in [-0.25, -0.2) is 12.8 Å². The molecule has 23 heavy (non-hydrogen) atoms. The van der Waals surface area contributed by atoms with Crippen LogP contribution in [0.25, 0.3) is 0 Å². The minimum Gasteiger partial charge on any atom is -0.480 e. The molecular weight excluding hydrogens is 321 g/mol. The molecule has 0 spiro atoms. The van der Waals surface area contributed by atoms with Crippen LogP contribution >= 0.6 is 0 Å². The molecule has 0 aliphatic heterocycles. The molecule has 0 aliphatic carbocycles. The second-order valence-electron chi connectivity index (χ2n) is 5.08. The average Bonchev–Trinajstić information content (AvgIpc) is 2.48. The van der Waals surface area contributed by atoms with Gasteiger partial charge in [-0.3, -0.25) is 9.10 Å². The van der Waals surface area contributed by atoms with Gasteiger partial charge in [-0.15, -0.1) is 0 Å². The first-order valence-corrected chi connectivity index (χ1v) is 8.24. The summed E-state index contributed by atoms with van der Waals surface area (Å²) in [7, 11) is -4.12. The highest BCUT2D eigenvalue weighted by Gasteiger charge is 2.28. The van der Waals surface area contributed by atoms with Gasteiger partial charge in [0, 0.05) is 0 Å². The largest absolute Gasteiger partial charge is 0.480 e. The molecule has 0 amide bonds. The fourth-order valence-electron chi connectivity index (χ4n) is 2.16. The van der Waals surface area contributed by atoms with E-state index in [0.29, 0.717) is 5.56 Å². The van der Waals surface area contributed by atoms with E-state index in [-0.39, 0.29) is 10.6 Å². The van der Waals surface area contributed by atoms with Gasteiger partial charge in [0.25, 0.3) is 10.0 Å². The van der Waals surface area contributed by atoms with Crippen molar-refractivity contribution in [2.45, 2.75) is 18.7 Å². The first kappa shape index (κ1) is 17.0. The topological polar surface area (TPSA) is 74.7 Å². The van der Waals surface area contributed by atoms with Crippen LogP contribution in [0, 0.1) is 19.7 Å². The molecule has 0 fully saturated rings. The van der Waals surface area contributed by atoms with E-state index in [2.05, 4.69) is 0 Å². The smallest absolute Gasteiger partial charge is 0.324 e. The van der Waals surface area contributed by atoms with E-state index >= 15 is 0 Å². The fourth-order valence-corrected chi connectivity index (χ4v) is 3.63. The summed E-state index contributed by atoms with van der Waals surface area (Å²) in [6, 6.07) is 9.29. The molecule has 0 aromatic heterocycles. The molecule has 7 heteroatoms. The number of sulfonamides is 1. The monoisotopic (exact) mass is 337 g/mol. The Morgan fingerprint density at radius 2 is 1.74 bits per heavy atom. The Morgan fingerprint density at radius 3 is 2.30 bits per heavy atom. The van der Waals surface area contributed by atoms with E-state index in [1.54, 1.807) is 19.1 Å². The van der Waals surface area contributed by atoms with Crippen LogP contribution in [0.4, 0.5) is 10.1 Å². The SMILES string of the molecule is Cc1cccc(N(CC(=O)O)S(=O)(=O)c2ccc(F)cc2)c1C. The van der Waals surface area contributed by atoms with Crippen molar-refractivity contribution in [1.82, 2.24) is 0 Å². The second-order valence-corrected chi connectivity index (χ2v) is 6.94. The summed E-state index contributed by atoms with van der Waals surface area (Å²) < 4.78 is 39.4. The van der Waals surface area contributed by atoms with Gasteiger partial charge >= 0.3 is 5.97 Å². The highest BCUT2D eigenvalue weighted by atomic mass is 32.2. The molecule has 2 rings (SSSR count). The van der Waals surface area contributed by atoms with Gasteiger partial charge in [-0.1, -0.05) is 12.1 Å². The predicted molar refractivity (Wildman–Crippen MR) is 84.5 cm³/mol. The van der Waals surface area contributed by atoms with E-state index in [9.17, 15) is 17.6 Å². The molecule has 1 N–H and O–H groups in total. The highest BCUT2D eigenvalue weighted by molar-refractivity contribution is 7.92. The van der Waals surface area contributed by atoms with Crippen molar-refractivity contribution >= 4 is 21.7 Å². The predicted octanol–water partition coefficient (Wildman–Crippen LogP) is 2.72. The molecule has 5 nitrogen and oxygen atoms in total. The number of aryl methyl sites for hydroxylation is 1. The van der Waals surface area contributed by atoms with Crippen LogP contribution in [0.15, 0.2) is 47.4 Å². The summed E-state index contributed by atoms with van der Waals surface area (Å²) in [5, 5.41) is 9.09. The zero-order valence-electron chi connectivity index (χ0n) is 12.7. The molecule has 0 bridgehead atoms. The summed E-state index contributed by atoms with van der Waals surface area (Å²) in [6.45, 7) is 2.81. The third-order valence-electron chi connectivity index (χ3n) is 3.53. The third kappa shape index (κ3) is 3.50. The van der Waals surface area contributed by atoms with Crippen molar-refractivity contribution in [3.8, 4) is 0 Å². The summed E-state index contributed by atoms with van der Waals surface area (Å²) in [5.74, 6) is -1.85. The first-order chi connectivity index (χ1) is 10.7. The third-order valence-corrected chi connectivity index (χ3v) is 5.30. The molecule has 0 saturated carbocycles. The number of carbonyl (C=O) groups is 1. The number of aliphatic carboxylic acids is 1. The molecular formula is C16H16FNO4S. The van der Waals surface area contributed by atoms with Crippen molar-refractivity contribution in [2.75, 3.05) is 10.8 Å². The Hall–Kier alpha value is -2.41. The van der Waals surface area contributed by atoms with Crippen LogP contribution in [0.2, 0.25) is 0 Å². The van der Waals surface area contributed by atoms with Crippen LogP contribution in [0.5, 0.6) is 0 Å². The number of hydrogen-bond acceptors (Lipinski definition) is 3. The number of hydrogen-bond donors (Lipinski definition) is 1. The number of halogens is 1. The number of carboxylic acid groups (broad SMARTS) is 1. The van der Waals surface area contributed by atoms with Crippen molar-refractivity contribution in [1.29, 1.82) is 0 Å². The summed E-state index contributed by atoms with van der Waals surface area (Å²) >= 11 is 0. The van der Waals surface area contributed by atoms with Crippen LogP contribution in [0.1, 0.15) is 11.1 Å². The molecule has 122 valence electrons. The van der Waals surface area contributed by atoms with Crippen molar-refractivity contribution in [3.63, 3.8) is 0 Å². The first-order valence-electron chi connectivity index (χ1n) is 6.80. The Balaban J connectivity index is 2.60. The molecule has 0 unspecified atom stereocenters. The maximum atomic E-state index is 13.0. The van der Waals surface area contributed by atoms with Crippen LogP contribution in [0.3, 0.4) is 0 Å². The summed E-state index contributed by atoms with van der Waals surface area (Å²) in [6.07, 6.45) is 0. The lowest BCUT2D eigenvalue weighted by Crippen LogP contribution is -2.36. The zero-order valence-corrected chi connectivity index (χ0v) is 13.5. The Morgan fingerprint density at radius 1 is 1.13 bits per heavy atom. The molecule has 0 atom stereocenters. The van der Waals surface area contributed by atoms with E-state index in [0.717, 1.165) is 34.1 Å². The van der Waals surface area contributed by atoms with Gasteiger partial charge < -0.3 is 5.11 Å². The van der Waals surface area contributed by atoms with Crippen molar-refractivity contribution in [2.24, 2.45) is 0 Å². The Kier molecular flexibility index (Phi) is 4.70. The lowest BCUT2D eigenvalue weighted by atomic mass is 10.1. The van der Waals surface area contributed by atoms with Gasteiger partial charge in [0.2, 0.25) is 0 Å². The summed E-state index contributed by atoms with van der Waals surface area (Å²) in [4.78, 5) is 11.0. The Labute approximate surface area is 134 Å². The van der Waals surface area contributed by atoms with Gasteiger partial charge in [0.1, 0.15) is 12.4 Å². The molecule has 0 heterocycles. The van der Waals surface area contributed by atoms with Gasteiger partial charge in [-0.2, -0.15) is 0 Å². The molecule has 2 aromatic carbocycles. The standard InChI is InChI=1S/C16H16FNO4S/c1-11-4-3-5-15(12(11)2)18(10-16(19)20)23(21,22)14-8-6-13(17)7-9-14/h3-9H,10H2,1-2H3,(H,19,20). The molecule has 0 radical (unpaired) electrons. The fraction of sp³-hybridized carbons (Fsp3) is 0.188. The van der Waals surface area contributed by atoms with Crippen LogP contribution < -0.4 is 4.31 Å². The minimum atomic E-state index is -4.12. The van der Waals surface area contributed by atoms with Crippen LogP contribution in [-0.4, -0.2) is 26.0 Å². The molecule has 0 aliphatic rings. The summed E-state index contributed by atoms with van der Waals surface area (Å²) in [5.41, 5.74) is 1.79. The zero-order chi connectivity index (χ0) is 17.2. The Bertz CT molecular complexity index is 832. The van der Waals surface area contributed by atoms with Crippen molar-refractivity contribution < 1.29 is 22.7 Å². The lowest BCUT2D eigenvalue weighted by molar-refractivity contribution is -0.135. The van der Waals surface area contributed by atoms with Gasteiger partial charge in [-0.05, 0) is 55.3 Å². The van der Waals surface area contributed by atoms with E-state index < -0.39 is 28.4 Å². The van der Waals surface area contributed by atoms with Gasteiger partial charge in [0.15, 0.2) is 0 Å². The quantitative estimate of drug-likeness (QED) is 0.910. The van der Waals surface area contributed by atoms with E-state index in [1.807, 2.05) is 13.0 Å². The van der Waals surface area contributed by atoms with Gasteiger partial charge in [0.05, 0.1) is 10.6 Å². The number of rotatable bonds is 5. The lowest BCUT2D eigenvalue weighted by Gasteiger charge is -2.25. The van der Waals surface area contributed by atoms with E-state index in [4.69, 9.17) is 5.11 Å². The second kappa shape index (κ2) is 6.37. The highest BCUT2D eigenvalue weighted by Crippen LogP contribution is 2.28. The number of anilines is 1. The number of nitrogens with zero attached hydrogens (tertiary/aromatic N) is 1. The number of carboxylic acids is 1. The maximum Gasteiger partial charge on any atom is 0.324 e. The molecule has 0 saturated heterocycles. The normalized spacial score (nSPS) is 11.3. The average molecular weight is 337 g/mol. The van der Waals surface area contributed by atoms with Crippen molar-refractivity contribution in [3.05, 3.63) is 59.4 Å².